The summed E-state index contributed by atoms with van der Waals surface area (Å²) in [5.41, 5.74) is 2.64. The Bertz CT molecular complexity index is 1290. The van der Waals surface area contributed by atoms with E-state index in [1.54, 1.807) is 59.4 Å². The summed E-state index contributed by atoms with van der Waals surface area (Å²) >= 11 is 0. The highest BCUT2D eigenvalue weighted by Crippen LogP contribution is 2.18. The molecule has 0 spiro atoms. The molecule has 0 bridgehead atoms. The van der Waals surface area contributed by atoms with Gasteiger partial charge >= 0.3 is 0 Å². The van der Waals surface area contributed by atoms with Crippen LogP contribution >= 0.6 is 0 Å². The molecule has 4 rings (SSSR count). The number of carbonyl (C=O) groups is 1. The molecular weight excluding hydrogens is 416 g/mol. The summed E-state index contributed by atoms with van der Waals surface area (Å²) < 4.78 is 34.5. The second kappa shape index (κ2) is 8.58. The van der Waals surface area contributed by atoms with Crippen molar-refractivity contribution in [3.63, 3.8) is 0 Å². The van der Waals surface area contributed by atoms with Gasteiger partial charge in [-0.05, 0) is 67.6 Å². The summed E-state index contributed by atoms with van der Waals surface area (Å²) in [6.45, 7) is 1.98. The highest BCUT2D eigenvalue weighted by Gasteiger charge is 2.16. The van der Waals surface area contributed by atoms with Crippen molar-refractivity contribution in [3.8, 4) is 5.69 Å². The lowest BCUT2D eigenvalue weighted by atomic mass is 10.2. The van der Waals surface area contributed by atoms with Crippen LogP contribution in [-0.2, 0) is 16.6 Å². The summed E-state index contributed by atoms with van der Waals surface area (Å²) in [6.07, 6.45) is 3.18. The fraction of sp³-hybridized carbons (Fsp3) is 0.0909. The molecule has 2 aromatic heterocycles. The maximum absolute atomic E-state index is 12.6. The lowest BCUT2D eigenvalue weighted by molar-refractivity contribution is 0.102. The van der Waals surface area contributed by atoms with Crippen molar-refractivity contribution in [2.24, 2.45) is 0 Å². The minimum atomic E-state index is -3.77. The van der Waals surface area contributed by atoms with Crippen molar-refractivity contribution in [2.45, 2.75) is 18.4 Å². The van der Waals surface area contributed by atoms with Gasteiger partial charge in [0.05, 0.1) is 23.4 Å². The number of anilines is 1. The molecule has 0 atom stereocenters. The molecule has 0 aliphatic rings. The smallest absolute Gasteiger partial charge is 0.255 e. The first-order valence-electron chi connectivity index (χ1n) is 9.47. The highest BCUT2D eigenvalue weighted by molar-refractivity contribution is 7.89. The van der Waals surface area contributed by atoms with E-state index in [9.17, 15) is 13.2 Å². The first kappa shape index (κ1) is 20.6. The maximum Gasteiger partial charge on any atom is 0.255 e. The van der Waals surface area contributed by atoms with E-state index >= 15 is 0 Å². The molecule has 1 amide bonds. The van der Waals surface area contributed by atoms with E-state index in [-0.39, 0.29) is 17.3 Å². The fourth-order valence-electron chi connectivity index (χ4n) is 3.00. The van der Waals surface area contributed by atoms with Gasteiger partial charge in [0.1, 0.15) is 5.76 Å². The Balaban J connectivity index is 1.46. The van der Waals surface area contributed by atoms with Crippen molar-refractivity contribution in [3.05, 3.63) is 96.2 Å². The standard InChI is InChI=1S/C22H20N4O4S/c1-16-11-12-23-26(16)19-9-7-17(8-10-19)22(27)25-18-4-2-6-21(14-18)31(28,29)24-15-20-5-3-13-30-20/h2-14,24H,15H2,1H3,(H,25,27). The molecule has 31 heavy (non-hydrogen) atoms. The number of hydrogen-bond donors (Lipinski definition) is 2. The van der Waals surface area contributed by atoms with Crippen LogP contribution in [0, 0.1) is 6.92 Å². The molecule has 0 saturated heterocycles. The van der Waals surface area contributed by atoms with E-state index in [1.807, 2.05) is 13.0 Å². The van der Waals surface area contributed by atoms with Crippen LogP contribution < -0.4 is 10.0 Å². The SMILES string of the molecule is Cc1ccnn1-c1ccc(C(=O)Nc2cccc(S(=O)(=O)NCc3ccco3)c2)cc1. The van der Waals surface area contributed by atoms with Gasteiger partial charge in [-0.25, -0.2) is 17.8 Å². The molecule has 2 N–H and O–H groups in total. The van der Waals surface area contributed by atoms with E-state index in [1.165, 1.54) is 18.4 Å². The average molecular weight is 436 g/mol. The first-order chi connectivity index (χ1) is 14.9. The fourth-order valence-corrected chi connectivity index (χ4v) is 4.04. The Morgan fingerprint density at radius 2 is 1.87 bits per heavy atom. The number of aryl methyl sites for hydroxylation is 1. The van der Waals surface area contributed by atoms with E-state index in [0.29, 0.717) is 17.0 Å². The van der Waals surface area contributed by atoms with Gasteiger partial charge < -0.3 is 9.73 Å². The Morgan fingerprint density at radius 3 is 2.55 bits per heavy atom. The van der Waals surface area contributed by atoms with Crippen LogP contribution in [0.3, 0.4) is 0 Å². The number of aromatic nitrogens is 2. The first-order valence-corrected chi connectivity index (χ1v) is 11.0. The number of rotatable bonds is 7. The Labute approximate surface area is 179 Å². The monoisotopic (exact) mass is 436 g/mol. The largest absolute Gasteiger partial charge is 0.468 e. The molecule has 8 nitrogen and oxygen atoms in total. The Hall–Kier alpha value is -3.69. The van der Waals surface area contributed by atoms with Gasteiger partial charge in [0.2, 0.25) is 10.0 Å². The second-order valence-electron chi connectivity index (χ2n) is 6.82. The van der Waals surface area contributed by atoms with E-state index in [2.05, 4.69) is 15.1 Å². The van der Waals surface area contributed by atoms with Crippen LogP contribution in [0.5, 0.6) is 0 Å². The molecule has 0 radical (unpaired) electrons. The molecule has 0 fully saturated rings. The van der Waals surface area contributed by atoms with Gasteiger partial charge in [0.15, 0.2) is 0 Å². The molecule has 0 unspecified atom stereocenters. The van der Waals surface area contributed by atoms with Crippen molar-refractivity contribution < 1.29 is 17.6 Å². The molecule has 0 aliphatic heterocycles. The third-order valence-electron chi connectivity index (χ3n) is 4.62. The van der Waals surface area contributed by atoms with Crippen LogP contribution in [0.1, 0.15) is 21.8 Å². The molecule has 2 heterocycles. The van der Waals surface area contributed by atoms with Crippen molar-refractivity contribution in [1.29, 1.82) is 0 Å². The van der Waals surface area contributed by atoms with Crippen LogP contribution in [0.4, 0.5) is 5.69 Å². The minimum Gasteiger partial charge on any atom is -0.468 e. The summed E-state index contributed by atoms with van der Waals surface area (Å²) in [7, 11) is -3.77. The quantitative estimate of drug-likeness (QED) is 0.461. The molecule has 2 aromatic carbocycles. The van der Waals surface area contributed by atoms with E-state index in [4.69, 9.17) is 4.42 Å². The van der Waals surface area contributed by atoms with Crippen LogP contribution in [0.15, 0.2) is 88.5 Å². The average Bonchev–Trinajstić information content (AvgIpc) is 3.44. The maximum atomic E-state index is 12.6. The van der Waals surface area contributed by atoms with Gasteiger partial charge in [0.25, 0.3) is 5.91 Å². The summed E-state index contributed by atoms with van der Waals surface area (Å²) in [5, 5.41) is 6.97. The number of amides is 1. The summed E-state index contributed by atoms with van der Waals surface area (Å²) in [4.78, 5) is 12.7. The van der Waals surface area contributed by atoms with E-state index in [0.717, 1.165) is 11.4 Å². The lowest BCUT2D eigenvalue weighted by Gasteiger charge is -2.10. The van der Waals surface area contributed by atoms with Gasteiger partial charge in [-0.3, -0.25) is 4.79 Å². The summed E-state index contributed by atoms with van der Waals surface area (Å²) in [5.74, 6) is 0.156. The zero-order valence-corrected chi connectivity index (χ0v) is 17.5. The number of benzene rings is 2. The molecule has 0 saturated carbocycles. The Morgan fingerprint density at radius 1 is 1.06 bits per heavy atom. The van der Waals surface area contributed by atoms with Gasteiger partial charge in [-0.1, -0.05) is 6.07 Å². The summed E-state index contributed by atoms with van der Waals surface area (Å²) in [6, 6.07) is 18.3. The minimum absolute atomic E-state index is 0.0357. The normalized spacial score (nSPS) is 11.4. The van der Waals surface area contributed by atoms with Crippen LogP contribution in [0.2, 0.25) is 0 Å². The molecule has 4 aromatic rings. The number of carbonyl (C=O) groups excluding carboxylic acids is 1. The Kier molecular flexibility index (Phi) is 5.70. The number of sulfonamides is 1. The van der Waals surface area contributed by atoms with Crippen molar-refractivity contribution >= 4 is 21.6 Å². The number of furan rings is 1. The topological polar surface area (TPSA) is 106 Å². The lowest BCUT2D eigenvalue weighted by Crippen LogP contribution is -2.23. The zero-order chi connectivity index (χ0) is 21.8. The number of nitrogens with zero attached hydrogens (tertiary/aromatic N) is 2. The molecular formula is C22H20N4O4S. The van der Waals surface area contributed by atoms with Gasteiger partial charge in [-0.2, -0.15) is 5.10 Å². The van der Waals surface area contributed by atoms with Crippen LogP contribution in [0.25, 0.3) is 5.69 Å². The third-order valence-corrected chi connectivity index (χ3v) is 6.02. The molecule has 158 valence electrons. The third kappa shape index (κ3) is 4.73. The number of hydrogen-bond acceptors (Lipinski definition) is 5. The van der Waals surface area contributed by atoms with Crippen molar-refractivity contribution in [1.82, 2.24) is 14.5 Å². The molecule has 9 heteroatoms. The highest BCUT2D eigenvalue weighted by atomic mass is 32.2. The van der Waals surface area contributed by atoms with Crippen LogP contribution in [-0.4, -0.2) is 24.1 Å². The number of nitrogens with one attached hydrogen (secondary N) is 2. The predicted octanol–water partition coefficient (Wildman–Crippen LogP) is 3.50. The second-order valence-corrected chi connectivity index (χ2v) is 8.58. The predicted molar refractivity (Wildman–Crippen MR) is 115 cm³/mol. The van der Waals surface area contributed by atoms with E-state index < -0.39 is 10.0 Å². The van der Waals surface area contributed by atoms with Crippen molar-refractivity contribution in [2.75, 3.05) is 5.32 Å². The van der Waals surface area contributed by atoms with Gasteiger partial charge in [0, 0.05) is 23.1 Å². The molecule has 0 aliphatic carbocycles. The zero-order valence-electron chi connectivity index (χ0n) is 16.6. The van der Waals surface area contributed by atoms with Gasteiger partial charge in [-0.15, -0.1) is 0 Å².